The molecule has 1 N–H and O–H groups in total. The predicted molar refractivity (Wildman–Crippen MR) is 131 cm³/mol. The number of carboxylic acids is 1. The van der Waals surface area contributed by atoms with Crippen LogP contribution < -0.4 is 9.75 Å². The molecule has 1 fully saturated rings. The van der Waals surface area contributed by atoms with Crippen molar-refractivity contribution < 1.29 is 36.2 Å². The Bertz CT molecular complexity index is 1360. The average molecular weight is 551 g/mol. The number of carboxylic acid groups (broad SMARTS) is 1. The second-order valence-corrected chi connectivity index (χ2v) is 11.0. The summed E-state index contributed by atoms with van der Waals surface area (Å²) in [7, 11) is -3.83. The van der Waals surface area contributed by atoms with Gasteiger partial charge in [0.1, 0.15) is 23.6 Å². The summed E-state index contributed by atoms with van der Waals surface area (Å²) in [5.41, 5.74) is -0.648. The zero-order valence-corrected chi connectivity index (χ0v) is 21.1. The summed E-state index contributed by atoms with van der Waals surface area (Å²) in [4.78, 5) is 11.2. The van der Waals surface area contributed by atoms with E-state index in [1.807, 2.05) is 6.07 Å². The monoisotopic (exact) mass is 550 g/mol. The maximum absolute atomic E-state index is 13.4. The first-order chi connectivity index (χ1) is 17.9. The van der Waals surface area contributed by atoms with Crippen LogP contribution in [0.2, 0.25) is 0 Å². The zero-order chi connectivity index (χ0) is 27.7. The van der Waals surface area contributed by atoms with Crippen LogP contribution in [0.5, 0.6) is 5.75 Å². The summed E-state index contributed by atoms with van der Waals surface area (Å²) >= 11 is 0. The van der Waals surface area contributed by atoms with E-state index in [0.717, 1.165) is 5.01 Å². The second-order valence-electron chi connectivity index (χ2n) is 9.10. The van der Waals surface area contributed by atoms with Gasteiger partial charge in [-0.2, -0.15) is 27.8 Å². The van der Waals surface area contributed by atoms with E-state index in [9.17, 15) is 36.8 Å². The molecule has 2 unspecified atom stereocenters. The van der Waals surface area contributed by atoms with E-state index in [-0.39, 0.29) is 29.7 Å². The molecule has 0 bridgehead atoms. The Morgan fingerprint density at radius 2 is 1.79 bits per heavy atom. The highest BCUT2D eigenvalue weighted by molar-refractivity contribution is 7.89. The van der Waals surface area contributed by atoms with Gasteiger partial charge in [0, 0.05) is 19.0 Å². The number of halogens is 3. The predicted octanol–water partition coefficient (Wildman–Crippen LogP) is 4.01. The molecule has 2 atom stereocenters. The van der Waals surface area contributed by atoms with E-state index < -0.39 is 46.3 Å². The molecule has 0 spiro atoms. The third-order valence-electron chi connectivity index (χ3n) is 6.64. The number of ether oxygens (including phenoxy) is 1. The lowest BCUT2D eigenvalue weighted by molar-refractivity contribution is -0.137. The second kappa shape index (κ2) is 10.6. The summed E-state index contributed by atoms with van der Waals surface area (Å²) in [6.07, 6.45) is -4.67. The lowest BCUT2D eigenvalue weighted by Crippen LogP contribution is -2.41. The fraction of sp³-hybridized carbons (Fsp3) is 0.400. The molecule has 9 nitrogen and oxygen atoms in total. The Morgan fingerprint density at radius 3 is 2.37 bits per heavy atom. The number of piperidine rings is 1. The highest BCUT2D eigenvalue weighted by Gasteiger charge is 2.48. The van der Waals surface area contributed by atoms with E-state index in [0.29, 0.717) is 24.3 Å². The molecule has 0 amide bonds. The van der Waals surface area contributed by atoms with Crippen LogP contribution >= 0.6 is 0 Å². The number of nitriles is 1. The number of anilines is 1. The molecule has 13 heteroatoms. The van der Waals surface area contributed by atoms with E-state index >= 15 is 0 Å². The van der Waals surface area contributed by atoms with Crippen LogP contribution in [-0.4, -0.2) is 60.9 Å². The smallest absolute Gasteiger partial charge is 0.431 e. The number of benzene rings is 2. The molecule has 2 heterocycles. The molecule has 2 aliphatic rings. The molecule has 0 saturated carbocycles. The Kier molecular flexibility index (Phi) is 7.66. The van der Waals surface area contributed by atoms with Crippen molar-refractivity contribution in [1.29, 1.82) is 5.26 Å². The van der Waals surface area contributed by atoms with Crippen LogP contribution in [0.3, 0.4) is 0 Å². The number of aliphatic carboxylic acids is 1. The molecular formula is C25H25F3N4O5S. The summed E-state index contributed by atoms with van der Waals surface area (Å²) in [5, 5.41) is 23.2. The number of hydrogen-bond donors (Lipinski definition) is 1. The SMILES string of the molecule is CC1C(C(F)(F)F)=NN(c2ccc(OC3CCN(S(=O)(=O)c4ccccc4C#N)CC3)cc2)C1CC(=O)O. The molecule has 4 rings (SSSR count). The molecule has 202 valence electrons. The van der Waals surface area contributed by atoms with Crippen molar-refractivity contribution in [3.63, 3.8) is 0 Å². The van der Waals surface area contributed by atoms with E-state index in [4.69, 9.17) is 4.74 Å². The van der Waals surface area contributed by atoms with Gasteiger partial charge in [0.05, 0.1) is 28.6 Å². The molecular weight excluding hydrogens is 525 g/mol. The number of alkyl halides is 3. The van der Waals surface area contributed by atoms with Crippen LogP contribution in [0.25, 0.3) is 0 Å². The number of hydrogen-bond acceptors (Lipinski definition) is 7. The van der Waals surface area contributed by atoms with Crippen LogP contribution in [-0.2, 0) is 14.8 Å². The largest absolute Gasteiger partial charge is 0.490 e. The van der Waals surface area contributed by atoms with Gasteiger partial charge in [-0.1, -0.05) is 19.1 Å². The Labute approximate surface area is 217 Å². The minimum atomic E-state index is -4.67. The number of nitrogens with zero attached hydrogens (tertiary/aromatic N) is 4. The minimum Gasteiger partial charge on any atom is -0.490 e. The van der Waals surface area contributed by atoms with Crippen molar-refractivity contribution in [2.75, 3.05) is 18.1 Å². The van der Waals surface area contributed by atoms with Crippen LogP contribution in [0.1, 0.15) is 31.7 Å². The lowest BCUT2D eigenvalue weighted by Gasteiger charge is -2.31. The first-order valence-electron chi connectivity index (χ1n) is 11.8. The topological polar surface area (TPSA) is 123 Å². The van der Waals surface area contributed by atoms with Gasteiger partial charge >= 0.3 is 12.1 Å². The van der Waals surface area contributed by atoms with Crippen LogP contribution in [0.4, 0.5) is 18.9 Å². The quantitative estimate of drug-likeness (QED) is 0.553. The standard InChI is InChI=1S/C25H25F3N4O5S/c1-16-21(14-23(33)34)32(30-24(16)25(26,27)28)18-6-8-19(9-7-18)37-20-10-12-31(13-11-20)38(35,36)22-5-3-2-4-17(22)15-29/h2-9,16,20-21H,10-14H2,1H3,(H,33,34). The number of carbonyl (C=O) groups is 1. The Morgan fingerprint density at radius 1 is 1.16 bits per heavy atom. The number of rotatable bonds is 7. The fourth-order valence-electron chi connectivity index (χ4n) is 4.66. The highest BCUT2D eigenvalue weighted by atomic mass is 32.2. The summed E-state index contributed by atoms with van der Waals surface area (Å²) in [6, 6.07) is 13.1. The Balaban J connectivity index is 1.42. The van der Waals surface area contributed by atoms with Crippen LogP contribution in [0, 0.1) is 17.2 Å². The summed E-state index contributed by atoms with van der Waals surface area (Å²) < 4.78 is 73.5. The molecule has 2 aliphatic heterocycles. The van der Waals surface area contributed by atoms with Gasteiger partial charge in [0.2, 0.25) is 10.0 Å². The molecule has 0 aromatic heterocycles. The highest BCUT2D eigenvalue weighted by Crippen LogP contribution is 2.37. The van der Waals surface area contributed by atoms with Crippen molar-refractivity contribution in [1.82, 2.24) is 4.31 Å². The third-order valence-corrected chi connectivity index (χ3v) is 8.60. The normalized spacial score (nSPS) is 21.1. The average Bonchev–Trinajstić information content (AvgIpc) is 3.20. The van der Waals surface area contributed by atoms with Crippen molar-refractivity contribution in [2.24, 2.45) is 11.0 Å². The summed E-state index contributed by atoms with van der Waals surface area (Å²) in [5.74, 6) is -1.91. The van der Waals surface area contributed by atoms with Gasteiger partial charge < -0.3 is 9.84 Å². The molecule has 0 aliphatic carbocycles. The first-order valence-corrected chi connectivity index (χ1v) is 13.3. The number of sulfonamides is 1. The van der Waals surface area contributed by atoms with Crippen LogP contribution in [0.15, 0.2) is 58.5 Å². The third kappa shape index (κ3) is 5.61. The number of hydrazone groups is 1. The van der Waals surface area contributed by atoms with E-state index in [1.165, 1.54) is 35.5 Å². The van der Waals surface area contributed by atoms with Crippen molar-refractivity contribution in [2.45, 2.75) is 49.4 Å². The molecule has 2 aromatic rings. The summed E-state index contributed by atoms with van der Waals surface area (Å²) in [6.45, 7) is 1.70. The van der Waals surface area contributed by atoms with Gasteiger partial charge in [-0.25, -0.2) is 8.42 Å². The van der Waals surface area contributed by atoms with Gasteiger partial charge in [0.25, 0.3) is 0 Å². The van der Waals surface area contributed by atoms with Crippen molar-refractivity contribution in [3.05, 3.63) is 54.1 Å². The van der Waals surface area contributed by atoms with Crippen molar-refractivity contribution >= 4 is 27.4 Å². The van der Waals surface area contributed by atoms with Crippen molar-refractivity contribution in [3.8, 4) is 11.8 Å². The van der Waals surface area contributed by atoms with Gasteiger partial charge in [-0.15, -0.1) is 0 Å². The molecule has 38 heavy (non-hydrogen) atoms. The molecule has 2 aromatic carbocycles. The minimum absolute atomic E-state index is 0.0359. The fourth-order valence-corrected chi connectivity index (χ4v) is 6.28. The molecule has 1 saturated heterocycles. The lowest BCUT2D eigenvalue weighted by atomic mass is 9.94. The van der Waals surface area contributed by atoms with Gasteiger partial charge in [-0.05, 0) is 49.2 Å². The maximum atomic E-state index is 13.4. The molecule has 0 radical (unpaired) electrons. The van der Waals surface area contributed by atoms with E-state index in [1.54, 1.807) is 24.3 Å². The zero-order valence-electron chi connectivity index (χ0n) is 20.3. The van der Waals surface area contributed by atoms with Gasteiger partial charge in [-0.3, -0.25) is 9.80 Å². The first kappa shape index (κ1) is 27.4. The van der Waals surface area contributed by atoms with E-state index in [2.05, 4.69) is 5.10 Å². The van der Waals surface area contributed by atoms with Gasteiger partial charge in [0.15, 0.2) is 0 Å². The maximum Gasteiger partial charge on any atom is 0.431 e. The Hall–Kier alpha value is -3.63.